The van der Waals surface area contributed by atoms with E-state index < -0.39 is 0 Å². The van der Waals surface area contributed by atoms with Gasteiger partial charge >= 0.3 is 0 Å². The lowest BCUT2D eigenvalue weighted by Gasteiger charge is -2.08. The molecule has 4 heteroatoms. The summed E-state index contributed by atoms with van der Waals surface area (Å²) in [5, 5.41) is 9.52. The van der Waals surface area contributed by atoms with Crippen LogP contribution in [0.15, 0.2) is 42.5 Å². The number of ketones is 1. The third-order valence-electron chi connectivity index (χ3n) is 4.15. The standard InChI is InChI=1S/C18H16O3S/c19-16-4-2-1-3-15(16)17(20)9-11-7-12-5-6-13(18(21)22)10-14(12)8-11/h1-6,10-11,19H,7-9H2,(H,21,22). The summed E-state index contributed by atoms with van der Waals surface area (Å²) in [6, 6.07) is 12.2. The Bertz CT molecular complexity index is 752. The van der Waals surface area contributed by atoms with E-state index >= 15 is 0 Å². The fourth-order valence-electron chi connectivity index (χ4n) is 3.07. The Labute approximate surface area is 134 Å². The number of hydrogen-bond acceptors (Lipinski definition) is 3. The second kappa shape index (κ2) is 5.97. The van der Waals surface area contributed by atoms with Gasteiger partial charge in [0.05, 0.1) is 5.56 Å². The van der Waals surface area contributed by atoms with Crippen LogP contribution in [0.2, 0.25) is 0 Å². The SMILES string of the molecule is O=C(S)c1ccc2c(c1)CC(CC(=O)c1ccccc1O)C2. The molecule has 0 radical (unpaired) electrons. The molecule has 2 aromatic rings. The van der Waals surface area contributed by atoms with E-state index in [9.17, 15) is 14.7 Å². The Hall–Kier alpha value is -2.07. The zero-order valence-electron chi connectivity index (χ0n) is 12.0. The summed E-state index contributed by atoms with van der Waals surface area (Å²) in [4.78, 5) is 23.6. The van der Waals surface area contributed by atoms with Crippen LogP contribution in [0, 0.1) is 5.92 Å². The monoisotopic (exact) mass is 312 g/mol. The summed E-state index contributed by atoms with van der Waals surface area (Å²) in [6.45, 7) is 0. The molecule has 0 fully saturated rings. The Morgan fingerprint density at radius 1 is 1.09 bits per heavy atom. The summed E-state index contributed by atoms with van der Waals surface area (Å²) in [5.74, 6) is 0.208. The number of Topliss-reactive ketones (excluding diaryl/α,β-unsaturated/α-hetero) is 1. The van der Waals surface area contributed by atoms with Crippen molar-refractivity contribution in [1.82, 2.24) is 0 Å². The van der Waals surface area contributed by atoms with Gasteiger partial charge in [0.2, 0.25) is 5.12 Å². The molecule has 0 saturated carbocycles. The van der Waals surface area contributed by atoms with Crippen LogP contribution in [0.1, 0.15) is 38.3 Å². The first kappa shape index (κ1) is 14.9. The zero-order chi connectivity index (χ0) is 15.7. The third kappa shape index (κ3) is 2.92. The van der Waals surface area contributed by atoms with E-state index in [1.807, 2.05) is 12.1 Å². The predicted molar refractivity (Wildman–Crippen MR) is 87.7 cm³/mol. The summed E-state index contributed by atoms with van der Waals surface area (Å²) < 4.78 is 0. The largest absolute Gasteiger partial charge is 0.507 e. The minimum Gasteiger partial charge on any atom is -0.507 e. The number of benzene rings is 2. The predicted octanol–water partition coefficient (Wildman–Crippen LogP) is 3.45. The third-order valence-corrected chi connectivity index (χ3v) is 4.41. The fraction of sp³-hybridized carbons (Fsp3) is 0.222. The lowest BCUT2D eigenvalue weighted by molar-refractivity contribution is 0.0959. The molecule has 3 rings (SSSR count). The van der Waals surface area contributed by atoms with Crippen molar-refractivity contribution in [3.63, 3.8) is 0 Å². The van der Waals surface area contributed by atoms with Crippen molar-refractivity contribution in [2.24, 2.45) is 5.92 Å². The number of fused-ring (bicyclic) bond motifs is 1. The number of aromatic hydroxyl groups is 1. The molecule has 1 unspecified atom stereocenters. The van der Waals surface area contributed by atoms with Crippen molar-refractivity contribution >= 4 is 23.5 Å². The smallest absolute Gasteiger partial charge is 0.216 e. The molecule has 1 atom stereocenters. The maximum absolute atomic E-state index is 12.3. The highest BCUT2D eigenvalue weighted by Gasteiger charge is 2.25. The van der Waals surface area contributed by atoms with E-state index in [2.05, 4.69) is 12.6 Å². The average molecular weight is 312 g/mol. The van der Waals surface area contributed by atoms with Gasteiger partial charge in [-0.15, -0.1) is 12.6 Å². The first-order valence-electron chi connectivity index (χ1n) is 7.21. The van der Waals surface area contributed by atoms with E-state index in [4.69, 9.17) is 0 Å². The van der Waals surface area contributed by atoms with Crippen molar-refractivity contribution in [3.05, 3.63) is 64.7 Å². The normalized spacial score (nSPS) is 16.3. The molecule has 0 aromatic heterocycles. The molecule has 22 heavy (non-hydrogen) atoms. The maximum Gasteiger partial charge on any atom is 0.216 e. The highest BCUT2D eigenvalue weighted by atomic mass is 32.1. The van der Waals surface area contributed by atoms with E-state index in [0.29, 0.717) is 17.5 Å². The molecule has 0 amide bonds. The zero-order valence-corrected chi connectivity index (χ0v) is 12.8. The average Bonchev–Trinajstić information content (AvgIpc) is 2.88. The van der Waals surface area contributed by atoms with E-state index in [-0.39, 0.29) is 22.6 Å². The van der Waals surface area contributed by atoms with Gasteiger partial charge in [-0.2, -0.15) is 0 Å². The Morgan fingerprint density at radius 3 is 2.55 bits per heavy atom. The van der Waals surface area contributed by atoms with Crippen LogP contribution in [-0.2, 0) is 12.8 Å². The van der Waals surface area contributed by atoms with Crippen molar-refractivity contribution < 1.29 is 14.7 Å². The molecule has 0 bridgehead atoms. The van der Waals surface area contributed by atoms with E-state index in [1.165, 1.54) is 11.6 Å². The van der Waals surface area contributed by atoms with Gasteiger partial charge in [-0.25, -0.2) is 0 Å². The summed E-state index contributed by atoms with van der Waals surface area (Å²) >= 11 is 3.84. The van der Waals surface area contributed by atoms with E-state index in [1.54, 1.807) is 24.3 Å². The van der Waals surface area contributed by atoms with Crippen LogP contribution < -0.4 is 0 Å². The summed E-state index contributed by atoms with van der Waals surface area (Å²) in [5.41, 5.74) is 3.28. The van der Waals surface area contributed by atoms with Crippen LogP contribution in [0.3, 0.4) is 0 Å². The molecule has 1 N–H and O–H groups in total. The Balaban J connectivity index is 1.73. The molecule has 0 heterocycles. The van der Waals surface area contributed by atoms with Crippen molar-refractivity contribution in [2.45, 2.75) is 19.3 Å². The Morgan fingerprint density at radius 2 is 1.82 bits per heavy atom. The highest BCUT2D eigenvalue weighted by molar-refractivity contribution is 7.97. The van der Waals surface area contributed by atoms with Gasteiger partial charge in [0.15, 0.2) is 5.78 Å². The first-order chi connectivity index (χ1) is 10.5. The number of thiol groups is 1. The number of phenolic OH excluding ortho intramolecular Hbond substituents is 1. The van der Waals surface area contributed by atoms with Gasteiger partial charge in [-0.05, 0) is 48.1 Å². The van der Waals surface area contributed by atoms with Gasteiger partial charge in [0.1, 0.15) is 5.75 Å². The van der Waals surface area contributed by atoms with Crippen LogP contribution in [-0.4, -0.2) is 16.0 Å². The molecule has 0 spiro atoms. The molecule has 0 saturated heterocycles. The number of para-hydroxylation sites is 1. The van der Waals surface area contributed by atoms with Crippen molar-refractivity contribution in [3.8, 4) is 5.75 Å². The summed E-state index contributed by atoms with van der Waals surface area (Å²) in [6.07, 6.45) is 2.01. The lowest BCUT2D eigenvalue weighted by Crippen LogP contribution is -2.09. The number of carbonyl (C=O) groups excluding carboxylic acids is 2. The minimum absolute atomic E-state index is 0.0333. The molecular weight excluding hydrogens is 296 g/mol. The Kier molecular flexibility index (Phi) is 4.03. The number of rotatable bonds is 4. The topological polar surface area (TPSA) is 54.4 Å². The van der Waals surface area contributed by atoms with Crippen LogP contribution in [0.5, 0.6) is 5.75 Å². The van der Waals surface area contributed by atoms with Crippen molar-refractivity contribution in [1.29, 1.82) is 0 Å². The second-order valence-corrected chi connectivity index (χ2v) is 6.11. The van der Waals surface area contributed by atoms with Gasteiger partial charge in [-0.3, -0.25) is 9.59 Å². The van der Waals surface area contributed by atoms with E-state index in [0.717, 1.165) is 18.4 Å². The van der Waals surface area contributed by atoms with Crippen LogP contribution in [0.25, 0.3) is 0 Å². The molecule has 1 aliphatic carbocycles. The first-order valence-corrected chi connectivity index (χ1v) is 7.65. The molecular formula is C18H16O3S. The highest BCUT2D eigenvalue weighted by Crippen LogP contribution is 2.31. The molecule has 2 aromatic carbocycles. The molecule has 3 nitrogen and oxygen atoms in total. The van der Waals surface area contributed by atoms with Gasteiger partial charge in [-0.1, -0.05) is 24.3 Å². The molecule has 112 valence electrons. The number of hydrogen-bond donors (Lipinski definition) is 2. The van der Waals surface area contributed by atoms with Gasteiger partial charge < -0.3 is 5.11 Å². The lowest BCUT2D eigenvalue weighted by atomic mass is 9.95. The molecule has 0 aliphatic heterocycles. The fourth-order valence-corrected chi connectivity index (χ4v) is 3.21. The maximum atomic E-state index is 12.3. The van der Waals surface area contributed by atoms with Crippen molar-refractivity contribution in [2.75, 3.05) is 0 Å². The second-order valence-electron chi connectivity index (χ2n) is 5.71. The minimum atomic E-state index is -0.239. The summed E-state index contributed by atoms with van der Waals surface area (Å²) in [7, 11) is 0. The van der Waals surface area contributed by atoms with Gasteiger partial charge in [0, 0.05) is 12.0 Å². The molecule has 1 aliphatic rings. The number of phenols is 1. The van der Waals surface area contributed by atoms with Crippen LogP contribution in [0.4, 0.5) is 0 Å². The van der Waals surface area contributed by atoms with Gasteiger partial charge in [0.25, 0.3) is 0 Å². The number of carbonyl (C=O) groups is 2. The van der Waals surface area contributed by atoms with Crippen LogP contribution >= 0.6 is 12.6 Å². The quantitative estimate of drug-likeness (QED) is 0.671.